The van der Waals surface area contributed by atoms with Gasteiger partial charge in [-0.2, -0.15) is 4.98 Å². The second-order valence-electron chi connectivity index (χ2n) is 5.02. The summed E-state index contributed by atoms with van der Waals surface area (Å²) in [7, 11) is 0. The van der Waals surface area contributed by atoms with Crippen LogP contribution >= 0.6 is 11.6 Å². The Bertz CT molecular complexity index is 522. The van der Waals surface area contributed by atoms with Crippen molar-refractivity contribution in [2.24, 2.45) is 11.7 Å². The monoisotopic (exact) mass is 279 g/mol. The summed E-state index contributed by atoms with van der Waals surface area (Å²) in [5, 5.41) is 4.69. The first-order valence-corrected chi connectivity index (χ1v) is 6.74. The SMILES string of the molecule is CC(C)C(N)Cc1nc(Cc2ccc(Cl)cc2)no1. The van der Waals surface area contributed by atoms with Crippen molar-refractivity contribution in [1.29, 1.82) is 0 Å². The van der Waals surface area contributed by atoms with Crippen LogP contribution < -0.4 is 5.73 Å². The first-order valence-electron chi connectivity index (χ1n) is 6.36. The minimum atomic E-state index is 0.0452. The fourth-order valence-electron chi connectivity index (χ4n) is 1.67. The molecule has 2 rings (SSSR count). The molecule has 1 unspecified atom stereocenters. The summed E-state index contributed by atoms with van der Waals surface area (Å²) in [4.78, 5) is 4.36. The highest BCUT2D eigenvalue weighted by molar-refractivity contribution is 6.30. The minimum absolute atomic E-state index is 0.0452. The molecule has 0 spiro atoms. The van der Waals surface area contributed by atoms with Gasteiger partial charge in [0.15, 0.2) is 5.82 Å². The van der Waals surface area contributed by atoms with Crippen molar-refractivity contribution < 1.29 is 4.52 Å². The maximum absolute atomic E-state index is 5.98. The fraction of sp³-hybridized carbons (Fsp3) is 0.429. The Hall–Kier alpha value is -1.39. The van der Waals surface area contributed by atoms with Crippen LogP contribution in [0.3, 0.4) is 0 Å². The maximum atomic E-state index is 5.98. The summed E-state index contributed by atoms with van der Waals surface area (Å²) in [6, 6.07) is 7.67. The van der Waals surface area contributed by atoms with Crippen molar-refractivity contribution in [1.82, 2.24) is 10.1 Å². The summed E-state index contributed by atoms with van der Waals surface area (Å²) >= 11 is 5.84. The van der Waals surface area contributed by atoms with E-state index in [1.165, 1.54) is 0 Å². The van der Waals surface area contributed by atoms with Crippen LogP contribution in [0, 0.1) is 5.92 Å². The molecule has 2 N–H and O–H groups in total. The van der Waals surface area contributed by atoms with Crippen LogP contribution in [-0.2, 0) is 12.8 Å². The zero-order valence-electron chi connectivity index (χ0n) is 11.1. The van der Waals surface area contributed by atoms with Gasteiger partial charge in [-0.05, 0) is 23.6 Å². The molecule has 1 aromatic carbocycles. The zero-order chi connectivity index (χ0) is 13.8. The number of rotatable bonds is 5. The van der Waals surface area contributed by atoms with Crippen LogP contribution in [0.15, 0.2) is 28.8 Å². The molecular weight excluding hydrogens is 262 g/mol. The van der Waals surface area contributed by atoms with Crippen molar-refractivity contribution in [3.05, 3.63) is 46.6 Å². The molecule has 0 saturated heterocycles. The molecule has 0 saturated carbocycles. The molecule has 1 heterocycles. The zero-order valence-corrected chi connectivity index (χ0v) is 11.9. The number of nitrogens with zero attached hydrogens (tertiary/aromatic N) is 2. The molecule has 1 aromatic heterocycles. The van der Waals surface area contributed by atoms with E-state index in [9.17, 15) is 0 Å². The van der Waals surface area contributed by atoms with Gasteiger partial charge in [-0.15, -0.1) is 0 Å². The summed E-state index contributed by atoms with van der Waals surface area (Å²) in [5.41, 5.74) is 7.09. The van der Waals surface area contributed by atoms with Crippen LogP contribution in [0.1, 0.15) is 31.1 Å². The van der Waals surface area contributed by atoms with Gasteiger partial charge in [-0.25, -0.2) is 0 Å². The topological polar surface area (TPSA) is 64.9 Å². The molecule has 102 valence electrons. The summed E-state index contributed by atoms with van der Waals surface area (Å²) in [6.45, 7) is 4.16. The normalized spacial score (nSPS) is 12.9. The quantitative estimate of drug-likeness (QED) is 0.914. The summed E-state index contributed by atoms with van der Waals surface area (Å²) in [6.07, 6.45) is 1.25. The molecule has 0 fully saturated rings. The number of hydrogen-bond acceptors (Lipinski definition) is 4. The van der Waals surface area contributed by atoms with Crippen molar-refractivity contribution in [2.45, 2.75) is 32.7 Å². The molecule has 2 aromatic rings. The number of halogens is 1. The predicted octanol–water partition coefficient (Wildman–Crippen LogP) is 2.84. The van der Waals surface area contributed by atoms with Gasteiger partial charge in [0, 0.05) is 23.9 Å². The minimum Gasteiger partial charge on any atom is -0.339 e. The third kappa shape index (κ3) is 4.04. The Morgan fingerprint density at radius 3 is 2.58 bits per heavy atom. The van der Waals surface area contributed by atoms with E-state index in [1.54, 1.807) is 0 Å². The second-order valence-corrected chi connectivity index (χ2v) is 5.46. The molecule has 0 radical (unpaired) electrons. The van der Waals surface area contributed by atoms with Crippen molar-refractivity contribution in [3.63, 3.8) is 0 Å². The molecule has 1 atom stereocenters. The highest BCUT2D eigenvalue weighted by Crippen LogP contribution is 2.13. The molecule has 5 heteroatoms. The summed E-state index contributed by atoms with van der Waals surface area (Å²) < 4.78 is 5.21. The van der Waals surface area contributed by atoms with E-state index in [0.717, 1.165) is 10.6 Å². The van der Waals surface area contributed by atoms with E-state index in [4.69, 9.17) is 21.9 Å². The van der Waals surface area contributed by atoms with Gasteiger partial charge in [0.1, 0.15) is 0 Å². The second kappa shape index (κ2) is 6.17. The van der Waals surface area contributed by atoms with Gasteiger partial charge in [0.2, 0.25) is 5.89 Å². The van der Waals surface area contributed by atoms with E-state index >= 15 is 0 Å². The maximum Gasteiger partial charge on any atom is 0.228 e. The lowest BCUT2D eigenvalue weighted by Crippen LogP contribution is -2.28. The lowest BCUT2D eigenvalue weighted by atomic mass is 10.0. The largest absolute Gasteiger partial charge is 0.339 e. The average Bonchev–Trinajstić information content (AvgIpc) is 2.79. The van der Waals surface area contributed by atoms with Crippen molar-refractivity contribution >= 4 is 11.6 Å². The van der Waals surface area contributed by atoms with E-state index in [-0.39, 0.29) is 6.04 Å². The third-order valence-corrected chi connectivity index (χ3v) is 3.30. The summed E-state index contributed by atoms with van der Waals surface area (Å²) in [5.74, 6) is 1.67. The van der Waals surface area contributed by atoms with E-state index in [2.05, 4.69) is 24.0 Å². The highest BCUT2D eigenvalue weighted by atomic mass is 35.5. The average molecular weight is 280 g/mol. The molecule has 0 aliphatic heterocycles. The molecule has 19 heavy (non-hydrogen) atoms. The first kappa shape index (κ1) is 14.0. The van der Waals surface area contributed by atoms with Gasteiger partial charge in [-0.3, -0.25) is 0 Å². The van der Waals surface area contributed by atoms with E-state index in [1.807, 2.05) is 24.3 Å². The number of hydrogen-bond donors (Lipinski definition) is 1. The van der Waals surface area contributed by atoms with E-state index in [0.29, 0.717) is 30.5 Å². The molecule has 4 nitrogen and oxygen atoms in total. The standard InChI is InChI=1S/C14H18ClN3O/c1-9(2)12(16)8-14-17-13(18-19-14)7-10-3-5-11(15)6-4-10/h3-6,9,12H,7-8,16H2,1-2H3. The highest BCUT2D eigenvalue weighted by Gasteiger charge is 2.14. The molecule has 0 aliphatic carbocycles. The number of aromatic nitrogens is 2. The van der Waals surface area contributed by atoms with Gasteiger partial charge in [-0.1, -0.05) is 42.7 Å². The van der Waals surface area contributed by atoms with Crippen LogP contribution in [-0.4, -0.2) is 16.2 Å². The Morgan fingerprint density at radius 2 is 1.95 bits per heavy atom. The Kier molecular flexibility index (Phi) is 4.56. The van der Waals surface area contributed by atoms with Gasteiger partial charge >= 0.3 is 0 Å². The van der Waals surface area contributed by atoms with Crippen LogP contribution in [0.4, 0.5) is 0 Å². The predicted molar refractivity (Wildman–Crippen MR) is 75.1 cm³/mol. The van der Waals surface area contributed by atoms with Gasteiger partial charge < -0.3 is 10.3 Å². The smallest absolute Gasteiger partial charge is 0.228 e. The molecular formula is C14H18ClN3O. The molecule has 0 bridgehead atoms. The molecule has 0 amide bonds. The lowest BCUT2D eigenvalue weighted by Gasteiger charge is -2.11. The van der Waals surface area contributed by atoms with Crippen LogP contribution in [0.5, 0.6) is 0 Å². The lowest BCUT2D eigenvalue weighted by molar-refractivity contribution is 0.350. The Morgan fingerprint density at radius 1 is 1.26 bits per heavy atom. The fourth-order valence-corrected chi connectivity index (χ4v) is 1.79. The van der Waals surface area contributed by atoms with Crippen LogP contribution in [0.2, 0.25) is 5.02 Å². The Balaban J connectivity index is 1.99. The van der Waals surface area contributed by atoms with Gasteiger partial charge in [0.05, 0.1) is 0 Å². The number of benzene rings is 1. The van der Waals surface area contributed by atoms with E-state index < -0.39 is 0 Å². The first-order chi connectivity index (χ1) is 9.04. The molecule has 0 aliphatic rings. The van der Waals surface area contributed by atoms with Gasteiger partial charge in [0.25, 0.3) is 0 Å². The third-order valence-electron chi connectivity index (χ3n) is 3.05. The van der Waals surface area contributed by atoms with Crippen molar-refractivity contribution in [3.8, 4) is 0 Å². The van der Waals surface area contributed by atoms with Crippen molar-refractivity contribution in [2.75, 3.05) is 0 Å². The van der Waals surface area contributed by atoms with Crippen LogP contribution in [0.25, 0.3) is 0 Å². The Labute approximate surface area is 118 Å². The number of nitrogens with two attached hydrogens (primary N) is 1.